The van der Waals surface area contributed by atoms with Crippen LogP contribution in [0, 0.1) is 0 Å². The molecule has 0 fully saturated rings. The first-order valence-electron chi connectivity index (χ1n) is 9.36. The maximum Gasteiger partial charge on any atom is 0.0973 e. The number of fused-ring (bicyclic) bond motifs is 1. The van der Waals surface area contributed by atoms with Gasteiger partial charge in [0, 0.05) is 11.1 Å². The fourth-order valence-corrected chi connectivity index (χ4v) is 3.48. The molecule has 5 aromatic rings. The van der Waals surface area contributed by atoms with Gasteiger partial charge >= 0.3 is 0 Å². The molecule has 132 valence electrons. The van der Waals surface area contributed by atoms with E-state index < -0.39 is 0 Å². The van der Waals surface area contributed by atoms with Crippen molar-refractivity contribution in [2.24, 2.45) is 0 Å². The average Bonchev–Trinajstić information content (AvgIpc) is 2.79. The summed E-state index contributed by atoms with van der Waals surface area (Å²) in [5, 5.41) is 0. The summed E-state index contributed by atoms with van der Waals surface area (Å²) in [7, 11) is 0. The van der Waals surface area contributed by atoms with Crippen LogP contribution in [0.2, 0.25) is 0 Å². The molecule has 0 atom stereocenters. The van der Waals surface area contributed by atoms with Gasteiger partial charge in [-0.3, -0.25) is 0 Å². The van der Waals surface area contributed by atoms with Gasteiger partial charge in [0.15, 0.2) is 0 Å². The van der Waals surface area contributed by atoms with Crippen molar-refractivity contribution in [3.8, 4) is 33.6 Å². The molecular formula is C26H18N2. The number of aromatic nitrogens is 2. The smallest absolute Gasteiger partial charge is 0.0973 e. The number of benzene rings is 4. The van der Waals surface area contributed by atoms with Crippen molar-refractivity contribution in [1.82, 2.24) is 9.97 Å². The largest absolute Gasteiger partial charge is 0.244 e. The molecule has 0 aliphatic carbocycles. The molecule has 0 radical (unpaired) electrons. The highest BCUT2D eigenvalue weighted by atomic mass is 14.8. The second-order valence-corrected chi connectivity index (χ2v) is 6.72. The Balaban J connectivity index is 1.74. The van der Waals surface area contributed by atoms with Crippen LogP contribution >= 0.6 is 0 Å². The second-order valence-electron chi connectivity index (χ2n) is 6.72. The maximum absolute atomic E-state index is 4.99. The van der Waals surface area contributed by atoms with Gasteiger partial charge in [0.2, 0.25) is 0 Å². The minimum Gasteiger partial charge on any atom is -0.244 e. The third kappa shape index (κ3) is 3.06. The standard InChI is InChI=1S/C26H18N2/c1-3-10-19(11-4-1)21-14-9-15-22(18-21)26-25(20-12-5-2-6-13-20)27-23-16-7-8-17-24(23)28-26/h1-18H. The van der Waals surface area contributed by atoms with Gasteiger partial charge in [0.25, 0.3) is 0 Å². The highest BCUT2D eigenvalue weighted by Gasteiger charge is 2.13. The summed E-state index contributed by atoms with van der Waals surface area (Å²) >= 11 is 0. The van der Waals surface area contributed by atoms with E-state index in [-0.39, 0.29) is 0 Å². The molecule has 0 amide bonds. The van der Waals surface area contributed by atoms with Crippen LogP contribution in [0.1, 0.15) is 0 Å². The molecule has 2 heteroatoms. The summed E-state index contributed by atoms with van der Waals surface area (Å²) < 4.78 is 0. The van der Waals surface area contributed by atoms with Crippen LogP contribution in [-0.2, 0) is 0 Å². The van der Waals surface area contributed by atoms with E-state index in [4.69, 9.17) is 9.97 Å². The maximum atomic E-state index is 4.99. The van der Waals surface area contributed by atoms with Gasteiger partial charge < -0.3 is 0 Å². The molecule has 0 aliphatic heterocycles. The molecule has 0 saturated heterocycles. The molecule has 0 spiro atoms. The highest BCUT2D eigenvalue weighted by Crippen LogP contribution is 2.33. The van der Waals surface area contributed by atoms with Gasteiger partial charge in [0.05, 0.1) is 22.4 Å². The molecular weight excluding hydrogens is 340 g/mol. The Bertz CT molecular complexity index is 1250. The van der Waals surface area contributed by atoms with Gasteiger partial charge in [-0.25, -0.2) is 9.97 Å². The molecule has 0 N–H and O–H groups in total. The van der Waals surface area contributed by atoms with E-state index in [2.05, 4.69) is 60.7 Å². The van der Waals surface area contributed by atoms with Crippen molar-refractivity contribution >= 4 is 11.0 Å². The van der Waals surface area contributed by atoms with E-state index >= 15 is 0 Å². The van der Waals surface area contributed by atoms with Crippen LogP contribution in [0.25, 0.3) is 44.7 Å². The first kappa shape index (κ1) is 16.4. The molecule has 28 heavy (non-hydrogen) atoms. The lowest BCUT2D eigenvalue weighted by atomic mass is 9.99. The van der Waals surface area contributed by atoms with Crippen molar-refractivity contribution < 1.29 is 0 Å². The SMILES string of the molecule is c1ccc(-c2cccc(-c3nc4ccccc4nc3-c3ccccc3)c2)cc1. The predicted molar refractivity (Wildman–Crippen MR) is 116 cm³/mol. The summed E-state index contributed by atoms with van der Waals surface area (Å²) in [6, 6.07) is 37.2. The van der Waals surface area contributed by atoms with E-state index in [1.807, 2.05) is 48.5 Å². The Morgan fingerprint density at radius 3 is 1.46 bits per heavy atom. The predicted octanol–water partition coefficient (Wildman–Crippen LogP) is 6.63. The van der Waals surface area contributed by atoms with Crippen LogP contribution in [0.5, 0.6) is 0 Å². The molecule has 5 rings (SSSR count). The number of nitrogens with zero attached hydrogens (tertiary/aromatic N) is 2. The van der Waals surface area contributed by atoms with Crippen molar-refractivity contribution in [1.29, 1.82) is 0 Å². The van der Waals surface area contributed by atoms with Gasteiger partial charge in [0.1, 0.15) is 0 Å². The Morgan fingerprint density at radius 2 is 0.821 bits per heavy atom. The molecule has 0 aliphatic rings. The minimum atomic E-state index is 0.905. The summed E-state index contributed by atoms with van der Waals surface area (Å²) in [6.45, 7) is 0. The van der Waals surface area contributed by atoms with Gasteiger partial charge in [-0.05, 0) is 29.3 Å². The zero-order chi connectivity index (χ0) is 18.8. The van der Waals surface area contributed by atoms with E-state index in [0.717, 1.165) is 33.5 Å². The van der Waals surface area contributed by atoms with E-state index in [1.165, 1.54) is 11.1 Å². The van der Waals surface area contributed by atoms with Gasteiger partial charge in [-0.1, -0.05) is 91.0 Å². The lowest BCUT2D eigenvalue weighted by Crippen LogP contribution is -1.95. The minimum absolute atomic E-state index is 0.905. The van der Waals surface area contributed by atoms with E-state index in [1.54, 1.807) is 0 Å². The molecule has 0 bridgehead atoms. The zero-order valence-corrected chi connectivity index (χ0v) is 15.3. The lowest BCUT2D eigenvalue weighted by molar-refractivity contribution is 1.29. The number of hydrogen-bond acceptors (Lipinski definition) is 2. The summed E-state index contributed by atoms with van der Waals surface area (Å²) in [6.07, 6.45) is 0. The third-order valence-electron chi connectivity index (χ3n) is 4.86. The van der Waals surface area contributed by atoms with Gasteiger partial charge in [-0.2, -0.15) is 0 Å². The van der Waals surface area contributed by atoms with E-state index in [9.17, 15) is 0 Å². The topological polar surface area (TPSA) is 25.8 Å². The molecule has 0 unspecified atom stereocenters. The molecule has 4 aromatic carbocycles. The zero-order valence-electron chi connectivity index (χ0n) is 15.3. The van der Waals surface area contributed by atoms with Gasteiger partial charge in [-0.15, -0.1) is 0 Å². The summed E-state index contributed by atoms with van der Waals surface area (Å²) in [4.78, 5) is 9.96. The molecule has 1 aromatic heterocycles. The number of para-hydroxylation sites is 2. The fraction of sp³-hybridized carbons (Fsp3) is 0. The average molecular weight is 358 g/mol. The van der Waals surface area contributed by atoms with Crippen LogP contribution in [0.3, 0.4) is 0 Å². The Kier molecular flexibility index (Phi) is 4.15. The summed E-state index contributed by atoms with van der Waals surface area (Å²) in [5.74, 6) is 0. The normalized spacial score (nSPS) is 10.9. The van der Waals surface area contributed by atoms with E-state index in [0.29, 0.717) is 0 Å². The quantitative estimate of drug-likeness (QED) is 0.362. The van der Waals surface area contributed by atoms with Crippen molar-refractivity contribution in [2.45, 2.75) is 0 Å². The number of rotatable bonds is 3. The fourth-order valence-electron chi connectivity index (χ4n) is 3.48. The van der Waals surface area contributed by atoms with Crippen LogP contribution < -0.4 is 0 Å². The van der Waals surface area contributed by atoms with Crippen molar-refractivity contribution in [3.05, 3.63) is 109 Å². The summed E-state index contributed by atoms with van der Waals surface area (Å²) in [5.41, 5.74) is 8.13. The lowest BCUT2D eigenvalue weighted by Gasteiger charge is -2.12. The third-order valence-corrected chi connectivity index (χ3v) is 4.86. The Morgan fingerprint density at radius 1 is 0.357 bits per heavy atom. The Labute approximate surface area is 164 Å². The van der Waals surface area contributed by atoms with Crippen LogP contribution in [0.15, 0.2) is 109 Å². The van der Waals surface area contributed by atoms with Crippen LogP contribution in [0.4, 0.5) is 0 Å². The molecule has 0 saturated carbocycles. The highest BCUT2D eigenvalue weighted by molar-refractivity contribution is 5.87. The van der Waals surface area contributed by atoms with Crippen molar-refractivity contribution in [2.75, 3.05) is 0 Å². The molecule has 2 nitrogen and oxygen atoms in total. The first-order chi connectivity index (χ1) is 13.9. The van der Waals surface area contributed by atoms with Crippen LogP contribution in [-0.4, -0.2) is 9.97 Å². The monoisotopic (exact) mass is 358 g/mol. The first-order valence-corrected chi connectivity index (χ1v) is 9.36. The molecule has 1 heterocycles. The van der Waals surface area contributed by atoms with Crippen molar-refractivity contribution in [3.63, 3.8) is 0 Å². The second kappa shape index (κ2) is 7.09. The Hall–Kier alpha value is -3.78. The number of hydrogen-bond donors (Lipinski definition) is 0.